The maximum absolute atomic E-state index is 12.2. The van der Waals surface area contributed by atoms with Crippen molar-refractivity contribution in [2.24, 2.45) is 0 Å². The van der Waals surface area contributed by atoms with Gasteiger partial charge in [-0.05, 0) is 19.1 Å². The van der Waals surface area contributed by atoms with Crippen LogP contribution in [0.3, 0.4) is 0 Å². The number of ether oxygens (including phenoxy) is 2. The van der Waals surface area contributed by atoms with E-state index in [9.17, 15) is 4.79 Å². The molecule has 1 aromatic heterocycles. The predicted octanol–water partition coefficient (Wildman–Crippen LogP) is 3.31. The molecule has 0 radical (unpaired) electrons. The summed E-state index contributed by atoms with van der Waals surface area (Å²) < 4.78 is 15.8. The van der Waals surface area contributed by atoms with Gasteiger partial charge in [-0.1, -0.05) is 35.0 Å². The predicted molar refractivity (Wildman–Crippen MR) is 104 cm³/mol. The van der Waals surface area contributed by atoms with Gasteiger partial charge in [-0.15, -0.1) is 0 Å². The quantitative estimate of drug-likeness (QED) is 0.644. The van der Waals surface area contributed by atoms with Crippen LogP contribution < -0.4 is 14.8 Å². The number of rotatable bonds is 8. The van der Waals surface area contributed by atoms with Crippen LogP contribution in [-0.4, -0.2) is 30.3 Å². The fourth-order valence-electron chi connectivity index (χ4n) is 2.68. The normalized spacial score (nSPS) is 10.5. The zero-order chi connectivity index (χ0) is 19.9. The average molecular weight is 381 g/mol. The molecule has 3 rings (SSSR count). The van der Waals surface area contributed by atoms with Crippen LogP contribution in [0.5, 0.6) is 11.5 Å². The molecule has 0 saturated carbocycles. The Balaban J connectivity index is 1.52. The van der Waals surface area contributed by atoms with E-state index in [0.29, 0.717) is 36.2 Å². The van der Waals surface area contributed by atoms with Crippen molar-refractivity contribution in [3.8, 4) is 22.9 Å². The highest BCUT2D eigenvalue weighted by atomic mass is 16.5. The van der Waals surface area contributed by atoms with Gasteiger partial charge in [-0.3, -0.25) is 4.79 Å². The van der Waals surface area contributed by atoms with Crippen molar-refractivity contribution in [2.75, 3.05) is 14.2 Å². The fourth-order valence-corrected chi connectivity index (χ4v) is 2.68. The molecule has 7 heteroatoms. The Kier molecular flexibility index (Phi) is 6.26. The van der Waals surface area contributed by atoms with Gasteiger partial charge in [0.15, 0.2) is 0 Å². The van der Waals surface area contributed by atoms with E-state index in [-0.39, 0.29) is 12.3 Å². The molecule has 0 unspecified atom stereocenters. The number of hydrogen-bond acceptors (Lipinski definition) is 6. The number of nitrogens with one attached hydrogen (secondary N) is 1. The van der Waals surface area contributed by atoms with Gasteiger partial charge >= 0.3 is 0 Å². The van der Waals surface area contributed by atoms with Crippen molar-refractivity contribution in [1.29, 1.82) is 0 Å². The fraction of sp³-hybridized carbons (Fsp3) is 0.286. The monoisotopic (exact) mass is 381 g/mol. The number of aromatic nitrogens is 2. The number of aryl methyl sites for hydroxylation is 2. The van der Waals surface area contributed by atoms with Crippen LogP contribution in [0.15, 0.2) is 47.0 Å². The molecule has 0 fully saturated rings. The Hall–Kier alpha value is -3.35. The first-order valence-electron chi connectivity index (χ1n) is 8.96. The Morgan fingerprint density at radius 3 is 2.61 bits per heavy atom. The van der Waals surface area contributed by atoms with Gasteiger partial charge in [-0.2, -0.15) is 4.98 Å². The summed E-state index contributed by atoms with van der Waals surface area (Å²) in [6.45, 7) is 2.38. The number of benzene rings is 2. The van der Waals surface area contributed by atoms with Crippen LogP contribution in [0.1, 0.15) is 23.4 Å². The van der Waals surface area contributed by atoms with E-state index < -0.39 is 0 Å². The Bertz CT molecular complexity index is 935. The molecule has 0 spiro atoms. The van der Waals surface area contributed by atoms with Gasteiger partial charge in [0, 0.05) is 36.6 Å². The first-order valence-corrected chi connectivity index (χ1v) is 8.96. The lowest BCUT2D eigenvalue weighted by molar-refractivity contribution is -0.121. The molecule has 0 aliphatic rings. The summed E-state index contributed by atoms with van der Waals surface area (Å²) in [5.74, 6) is 2.23. The zero-order valence-corrected chi connectivity index (χ0v) is 16.2. The van der Waals surface area contributed by atoms with Crippen molar-refractivity contribution >= 4 is 5.91 Å². The van der Waals surface area contributed by atoms with Gasteiger partial charge in [0.2, 0.25) is 17.6 Å². The first kappa shape index (κ1) is 19.4. The van der Waals surface area contributed by atoms with Gasteiger partial charge in [0.25, 0.3) is 0 Å². The van der Waals surface area contributed by atoms with E-state index in [4.69, 9.17) is 14.0 Å². The minimum atomic E-state index is -0.104. The Labute approximate surface area is 163 Å². The van der Waals surface area contributed by atoms with Gasteiger partial charge in [-0.25, -0.2) is 0 Å². The third-order valence-corrected chi connectivity index (χ3v) is 4.31. The molecule has 7 nitrogen and oxygen atoms in total. The minimum absolute atomic E-state index is 0.104. The van der Waals surface area contributed by atoms with Crippen LogP contribution in [0.4, 0.5) is 0 Å². The van der Waals surface area contributed by atoms with Crippen LogP contribution in [0.2, 0.25) is 0 Å². The van der Waals surface area contributed by atoms with Gasteiger partial charge in [0.1, 0.15) is 11.5 Å². The van der Waals surface area contributed by atoms with E-state index in [0.717, 1.165) is 16.7 Å². The molecule has 0 saturated heterocycles. The van der Waals surface area contributed by atoms with Gasteiger partial charge < -0.3 is 19.3 Å². The molecule has 0 atom stereocenters. The van der Waals surface area contributed by atoms with Crippen LogP contribution in [-0.2, 0) is 17.8 Å². The highest BCUT2D eigenvalue weighted by Gasteiger charge is 2.12. The summed E-state index contributed by atoms with van der Waals surface area (Å²) in [7, 11) is 3.18. The molecule has 1 amide bonds. The smallest absolute Gasteiger partial charge is 0.227 e. The minimum Gasteiger partial charge on any atom is -0.497 e. The topological polar surface area (TPSA) is 86.5 Å². The zero-order valence-electron chi connectivity index (χ0n) is 16.2. The number of methoxy groups -OCH3 is 2. The summed E-state index contributed by atoms with van der Waals surface area (Å²) in [5.41, 5.74) is 2.92. The third kappa shape index (κ3) is 4.88. The molecule has 146 valence electrons. The molecule has 0 bridgehead atoms. The molecular weight excluding hydrogens is 358 g/mol. The Morgan fingerprint density at radius 2 is 1.89 bits per heavy atom. The molecule has 1 heterocycles. The molecule has 0 aliphatic heterocycles. The largest absolute Gasteiger partial charge is 0.497 e. The number of amides is 1. The number of nitrogens with zero attached hydrogens (tertiary/aromatic N) is 2. The van der Waals surface area contributed by atoms with Gasteiger partial charge in [0.05, 0.1) is 14.2 Å². The second kappa shape index (κ2) is 9.03. The summed E-state index contributed by atoms with van der Waals surface area (Å²) in [5, 5.41) is 6.86. The van der Waals surface area contributed by atoms with Crippen molar-refractivity contribution in [3.63, 3.8) is 0 Å². The van der Waals surface area contributed by atoms with Crippen molar-refractivity contribution < 1.29 is 18.8 Å². The highest BCUT2D eigenvalue weighted by molar-refractivity contribution is 5.76. The summed E-state index contributed by atoms with van der Waals surface area (Å²) >= 11 is 0. The maximum Gasteiger partial charge on any atom is 0.227 e. The molecule has 3 aromatic rings. The van der Waals surface area contributed by atoms with E-state index in [1.54, 1.807) is 20.3 Å². The van der Waals surface area contributed by atoms with Crippen molar-refractivity contribution in [2.45, 2.75) is 26.3 Å². The molecular formula is C21H23N3O4. The number of carbonyl (C=O) groups excluding carboxylic acids is 1. The standard InChI is InChI=1S/C21H23N3O4/c1-14-4-6-15(7-5-14)21-23-20(28-24-21)11-10-19(25)22-13-16-8-9-17(26-2)12-18(16)27-3/h4-9,12H,10-11,13H2,1-3H3,(H,22,25). The molecule has 28 heavy (non-hydrogen) atoms. The summed E-state index contributed by atoms with van der Waals surface area (Å²) in [6, 6.07) is 13.3. The second-order valence-electron chi connectivity index (χ2n) is 6.33. The lowest BCUT2D eigenvalue weighted by Gasteiger charge is -2.11. The second-order valence-corrected chi connectivity index (χ2v) is 6.33. The summed E-state index contributed by atoms with van der Waals surface area (Å²) in [4.78, 5) is 16.5. The molecule has 1 N–H and O–H groups in total. The third-order valence-electron chi connectivity index (χ3n) is 4.31. The Morgan fingerprint density at radius 1 is 1.11 bits per heavy atom. The van der Waals surface area contributed by atoms with E-state index in [1.807, 2.05) is 43.3 Å². The van der Waals surface area contributed by atoms with Crippen LogP contribution in [0.25, 0.3) is 11.4 Å². The average Bonchev–Trinajstić information content (AvgIpc) is 3.20. The molecule has 0 aliphatic carbocycles. The van der Waals surface area contributed by atoms with Crippen LogP contribution >= 0.6 is 0 Å². The first-order chi connectivity index (χ1) is 13.6. The van der Waals surface area contributed by atoms with E-state index in [2.05, 4.69) is 15.5 Å². The maximum atomic E-state index is 12.2. The van der Waals surface area contributed by atoms with Crippen molar-refractivity contribution in [1.82, 2.24) is 15.5 Å². The number of hydrogen-bond donors (Lipinski definition) is 1. The van der Waals surface area contributed by atoms with Crippen LogP contribution in [0, 0.1) is 6.92 Å². The molecule has 2 aromatic carbocycles. The van der Waals surface area contributed by atoms with Crippen molar-refractivity contribution in [3.05, 3.63) is 59.5 Å². The summed E-state index contributed by atoms with van der Waals surface area (Å²) in [6.07, 6.45) is 0.637. The highest BCUT2D eigenvalue weighted by Crippen LogP contribution is 2.24. The lowest BCUT2D eigenvalue weighted by Crippen LogP contribution is -2.23. The SMILES string of the molecule is COc1ccc(CNC(=O)CCc2nc(-c3ccc(C)cc3)no2)c(OC)c1. The van der Waals surface area contributed by atoms with E-state index in [1.165, 1.54) is 0 Å². The lowest BCUT2D eigenvalue weighted by atomic mass is 10.1. The van der Waals surface area contributed by atoms with E-state index >= 15 is 0 Å². The number of carbonyl (C=O) groups is 1.